The fourth-order valence-corrected chi connectivity index (χ4v) is 7.87. The molecule has 43 heavy (non-hydrogen) atoms. The third-order valence-corrected chi connectivity index (χ3v) is 17.7. The zero-order valence-electron chi connectivity index (χ0n) is 29.8. The number of aliphatic hydroxyl groups is 1. The minimum absolute atomic E-state index is 0.0159. The molecule has 5 atom stereocenters. The van der Waals surface area contributed by atoms with Gasteiger partial charge in [0.2, 0.25) is 0 Å². The van der Waals surface area contributed by atoms with E-state index in [1.54, 1.807) is 0 Å². The molecule has 0 bridgehead atoms. The van der Waals surface area contributed by atoms with Crippen LogP contribution >= 0.6 is 0 Å². The van der Waals surface area contributed by atoms with Crippen LogP contribution < -0.4 is 0 Å². The normalized spacial score (nSPS) is 21.8. The second-order valence-corrected chi connectivity index (χ2v) is 25.2. The lowest BCUT2D eigenvalue weighted by Gasteiger charge is -2.46. The Hall–Kier alpha value is -0.456. The van der Waals surface area contributed by atoms with Crippen LogP contribution in [0.1, 0.15) is 132 Å². The first-order valence-corrected chi connectivity index (χ1v) is 23.1. The van der Waals surface area contributed by atoms with E-state index in [-0.39, 0.29) is 28.5 Å². The van der Waals surface area contributed by atoms with Crippen LogP contribution in [0.4, 0.5) is 0 Å². The first-order chi connectivity index (χ1) is 19.7. The molecule has 0 aromatic heterocycles. The van der Waals surface area contributed by atoms with Gasteiger partial charge in [0, 0.05) is 4.91 Å². The van der Waals surface area contributed by atoms with Crippen molar-refractivity contribution >= 4 is 16.6 Å². The first-order valence-electron chi connectivity index (χ1n) is 17.2. The van der Waals surface area contributed by atoms with Gasteiger partial charge in [-0.1, -0.05) is 110 Å². The van der Waals surface area contributed by atoms with Crippen molar-refractivity contribution in [2.24, 2.45) is 17.0 Å². The Morgan fingerprint density at radius 3 is 1.67 bits per heavy atom. The van der Waals surface area contributed by atoms with E-state index in [0.717, 1.165) is 25.7 Å². The van der Waals surface area contributed by atoms with Gasteiger partial charge in [-0.3, -0.25) is 0 Å². The van der Waals surface area contributed by atoms with Crippen molar-refractivity contribution in [3.8, 4) is 0 Å². The lowest BCUT2D eigenvalue weighted by molar-refractivity contribution is -0.154. The summed E-state index contributed by atoms with van der Waals surface area (Å²) >= 11 is 0. The second kappa shape index (κ2) is 17.5. The van der Waals surface area contributed by atoms with Crippen molar-refractivity contribution in [1.29, 1.82) is 0 Å². The molecule has 1 rings (SSSR count). The first kappa shape index (κ1) is 40.6. The summed E-state index contributed by atoms with van der Waals surface area (Å²) in [5.74, 6) is -0.711. The lowest BCUT2D eigenvalue weighted by atomic mass is 9.73. The van der Waals surface area contributed by atoms with Gasteiger partial charge in [0.05, 0.1) is 24.9 Å². The highest BCUT2D eigenvalue weighted by Gasteiger charge is 2.53. The molecule has 1 fully saturated rings. The van der Waals surface area contributed by atoms with E-state index < -0.39 is 40.7 Å². The zero-order chi connectivity index (χ0) is 33.1. The minimum Gasteiger partial charge on any atom is -0.432 e. The van der Waals surface area contributed by atoms with Crippen molar-refractivity contribution in [1.82, 2.24) is 0 Å². The number of ether oxygens (including phenoxy) is 2. The molecule has 10 heteroatoms. The summed E-state index contributed by atoms with van der Waals surface area (Å²) in [7, 11) is -5.10. The molecule has 0 unspecified atom stereocenters. The van der Waals surface area contributed by atoms with Crippen LogP contribution in [0.15, 0.2) is 5.11 Å². The molecular formula is C33H69N3O5Si2. The van der Waals surface area contributed by atoms with Crippen LogP contribution in [-0.4, -0.2) is 62.0 Å². The number of rotatable bonds is 22. The summed E-state index contributed by atoms with van der Waals surface area (Å²) in [5.41, 5.74) is 9.29. The van der Waals surface area contributed by atoms with Crippen LogP contribution in [0.3, 0.4) is 0 Å². The maximum atomic E-state index is 11.4. The number of unbranched alkanes of at least 4 members (excludes halogenated alkanes) is 9. The van der Waals surface area contributed by atoms with E-state index in [4.69, 9.17) is 9.47 Å². The molecule has 0 saturated carbocycles. The number of aliphatic hydroxyl groups excluding tert-OH is 1. The summed E-state index contributed by atoms with van der Waals surface area (Å²) in [4.78, 5) is 25.7. The van der Waals surface area contributed by atoms with Crippen LogP contribution in [0.25, 0.3) is 10.4 Å². The van der Waals surface area contributed by atoms with Gasteiger partial charge in [0.1, 0.15) is 0 Å². The molecule has 1 heterocycles. The maximum absolute atomic E-state index is 11.4. The average Bonchev–Trinajstić information content (AvgIpc) is 3.19. The van der Waals surface area contributed by atoms with Gasteiger partial charge in [0.15, 0.2) is 22.4 Å². The number of azide groups is 1. The standard InChI is InChI=1S/C33H69N3O5Si2/c1-12-13-14-15-16-17-18-19-20-21-22-26(23-31(2,3)42(8,9)38)27(24-32(4,5)43(10,11)39)29-30(28(25-37)35-36-34)41-33(6,7)40-29/h26-30,37-39H,12-25H2,1-11H3/t26-,27+,28+,29-,30+/m1/s1. The van der Waals surface area contributed by atoms with E-state index >= 15 is 0 Å². The fraction of sp³-hybridized carbons (Fsp3) is 1.00. The molecule has 0 aromatic rings. The highest BCUT2D eigenvalue weighted by atomic mass is 28.4. The molecule has 1 aliphatic heterocycles. The number of hydrogen-bond donors (Lipinski definition) is 3. The van der Waals surface area contributed by atoms with Gasteiger partial charge in [-0.05, 0) is 80.3 Å². The van der Waals surface area contributed by atoms with Crippen molar-refractivity contribution in [2.45, 2.75) is 192 Å². The number of hydrogen-bond acceptors (Lipinski definition) is 6. The molecule has 0 amide bonds. The highest BCUT2D eigenvalue weighted by molar-refractivity contribution is 6.73. The Bertz CT molecular complexity index is 850. The van der Waals surface area contributed by atoms with E-state index in [0.29, 0.717) is 0 Å². The van der Waals surface area contributed by atoms with Crippen LogP contribution in [0.5, 0.6) is 0 Å². The van der Waals surface area contributed by atoms with Crippen molar-refractivity contribution in [3.05, 3.63) is 10.4 Å². The molecule has 0 aliphatic carbocycles. The molecular weight excluding hydrogens is 575 g/mol. The van der Waals surface area contributed by atoms with Gasteiger partial charge in [-0.25, -0.2) is 0 Å². The average molecular weight is 644 g/mol. The third kappa shape index (κ3) is 13.1. The van der Waals surface area contributed by atoms with Crippen LogP contribution in [-0.2, 0) is 9.47 Å². The van der Waals surface area contributed by atoms with Gasteiger partial charge in [-0.2, -0.15) is 0 Å². The monoisotopic (exact) mass is 643 g/mol. The molecule has 0 spiro atoms. The highest BCUT2D eigenvalue weighted by Crippen LogP contribution is 2.52. The van der Waals surface area contributed by atoms with Gasteiger partial charge >= 0.3 is 0 Å². The molecule has 0 radical (unpaired) electrons. The smallest absolute Gasteiger partial charge is 0.188 e. The zero-order valence-corrected chi connectivity index (χ0v) is 31.8. The Kier molecular flexibility index (Phi) is 16.5. The Morgan fingerprint density at radius 2 is 1.23 bits per heavy atom. The van der Waals surface area contributed by atoms with Gasteiger partial charge < -0.3 is 24.2 Å². The number of nitrogens with zero attached hydrogens (tertiary/aromatic N) is 3. The van der Waals surface area contributed by atoms with Crippen LogP contribution in [0, 0.1) is 11.8 Å². The van der Waals surface area contributed by atoms with Crippen molar-refractivity contribution < 1.29 is 24.2 Å². The Labute approximate surface area is 266 Å². The van der Waals surface area contributed by atoms with Gasteiger partial charge in [0.25, 0.3) is 0 Å². The molecule has 254 valence electrons. The molecule has 1 aliphatic rings. The van der Waals surface area contributed by atoms with E-state index in [2.05, 4.69) is 44.6 Å². The molecule has 3 N–H and O–H groups in total. The summed E-state index contributed by atoms with van der Waals surface area (Å²) < 4.78 is 13.0. The SMILES string of the molecule is CCCCCCCCCCCC[C@H](CC(C)(C)[Si](C)(C)O)[C@H](CC(C)(C)[Si](C)(C)O)[C@H]1OC(C)(C)O[C@H]1[C@H](CO)N=[N+]=[N-]. The third-order valence-electron chi connectivity index (χ3n) is 10.7. The Morgan fingerprint density at radius 1 is 0.791 bits per heavy atom. The van der Waals surface area contributed by atoms with Crippen molar-refractivity contribution in [2.75, 3.05) is 6.61 Å². The maximum Gasteiger partial charge on any atom is 0.188 e. The van der Waals surface area contributed by atoms with Crippen molar-refractivity contribution in [3.63, 3.8) is 0 Å². The second-order valence-electron chi connectivity index (χ2n) is 16.2. The molecule has 1 saturated heterocycles. The predicted molar refractivity (Wildman–Crippen MR) is 184 cm³/mol. The largest absolute Gasteiger partial charge is 0.432 e. The lowest BCUT2D eigenvalue weighted by Crippen LogP contribution is -2.48. The molecule has 0 aromatic carbocycles. The molecule has 8 nitrogen and oxygen atoms in total. The van der Waals surface area contributed by atoms with E-state index in [1.165, 1.54) is 57.8 Å². The van der Waals surface area contributed by atoms with Gasteiger partial charge in [-0.15, -0.1) is 0 Å². The quantitative estimate of drug-likeness (QED) is 0.0356. The summed E-state index contributed by atoms with van der Waals surface area (Å²) in [6, 6.07) is -0.767. The summed E-state index contributed by atoms with van der Waals surface area (Å²) in [5, 5.41) is 13.6. The predicted octanol–water partition coefficient (Wildman–Crippen LogP) is 9.46. The summed E-state index contributed by atoms with van der Waals surface area (Å²) in [6.45, 7) is 22.4. The minimum atomic E-state index is -2.58. The fourth-order valence-electron chi connectivity index (χ4n) is 6.38. The topological polar surface area (TPSA) is 128 Å². The van der Waals surface area contributed by atoms with E-state index in [9.17, 15) is 20.2 Å². The summed E-state index contributed by atoms with van der Waals surface area (Å²) in [6.07, 6.45) is 14.3. The Balaban J connectivity index is 3.37. The van der Waals surface area contributed by atoms with E-state index in [1.807, 2.05) is 40.0 Å². The van der Waals surface area contributed by atoms with Crippen LogP contribution in [0.2, 0.25) is 36.3 Å².